The first-order chi connectivity index (χ1) is 16.7. The Morgan fingerprint density at radius 3 is 2.63 bits per heavy atom. The molecule has 3 rings (SSSR count). The van der Waals surface area contributed by atoms with Crippen molar-refractivity contribution in [2.45, 2.75) is 27.2 Å². The van der Waals surface area contributed by atoms with Crippen LogP contribution < -0.4 is 14.8 Å². The lowest BCUT2D eigenvalue weighted by atomic mass is 10.1. The van der Waals surface area contributed by atoms with E-state index in [0.29, 0.717) is 32.9 Å². The Kier molecular flexibility index (Phi) is 8.89. The van der Waals surface area contributed by atoms with Gasteiger partial charge in [0, 0.05) is 12.2 Å². The number of carboxylic acid groups (broad SMARTS) is 1. The Morgan fingerprint density at radius 1 is 1.14 bits per heavy atom. The Morgan fingerprint density at radius 2 is 1.91 bits per heavy atom. The SMILES string of the molecule is CCOc1cc(/C=C2\SC(=S)N(CCC(=O)O)C2=O)ccc1OCC(=O)Nc1cc(C)ccc1C. The summed E-state index contributed by atoms with van der Waals surface area (Å²) in [6, 6.07) is 10.9. The standard InChI is InChI=1S/C25H26N2O6S2/c1-4-32-20-12-17(13-21-24(31)27(25(34)35-21)10-9-23(29)30)7-8-19(20)33-14-22(28)26-18-11-15(2)5-6-16(18)3/h5-8,11-13H,4,9-10,14H2,1-3H3,(H,26,28)(H,29,30)/b21-13-. The van der Waals surface area contributed by atoms with Crippen LogP contribution in [0.4, 0.5) is 5.69 Å². The minimum atomic E-state index is -0.998. The molecule has 10 heteroatoms. The topological polar surface area (TPSA) is 105 Å². The van der Waals surface area contributed by atoms with Gasteiger partial charge in [-0.25, -0.2) is 0 Å². The fourth-order valence-electron chi connectivity index (χ4n) is 3.25. The van der Waals surface area contributed by atoms with Gasteiger partial charge in [0.05, 0.1) is 17.9 Å². The molecule has 2 aromatic rings. The Bertz CT molecular complexity index is 1190. The van der Waals surface area contributed by atoms with Crippen molar-refractivity contribution in [1.82, 2.24) is 4.90 Å². The van der Waals surface area contributed by atoms with Crippen molar-refractivity contribution in [3.05, 3.63) is 58.0 Å². The average molecular weight is 515 g/mol. The van der Waals surface area contributed by atoms with E-state index in [-0.39, 0.29) is 31.4 Å². The van der Waals surface area contributed by atoms with Gasteiger partial charge < -0.3 is 19.9 Å². The molecule has 1 aliphatic rings. The molecule has 1 saturated heterocycles. The summed E-state index contributed by atoms with van der Waals surface area (Å²) in [6.45, 7) is 5.91. The van der Waals surface area contributed by atoms with Gasteiger partial charge in [-0.3, -0.25) is 19.3 Å². The van der Waals surface area contributed by atoms with Gasteiger partial charge in [0.1, 0.15) is 4.32 Å². The van der Waals surface area contributed by atoms with Gasteiger partial charge in [-0.2, -0.15) is 0 Å². The molecule has 0 aromatic heterocycles. The third-order valence-corrected chi connectivity index (χ3v) is 6.39. The van der Waals surface area contributed by atoms with Gasteiger partial charge in [-0.1, -0.05) is 42.2 Å². The largest absolute Gasteiger partial charge is 0.490 e. The van der Waals surface area contributed by atoms with E-state index in [9.17, 15) is 14.4 Å². The van der Waals surface area contributed by atoms with Crippen molar-refractivity contribution >= 4 is 57.8 Å². The minimum absolute atomic E-state index is 0.0262. The smallest absolute Gasteiger partial charge is 0.305 e. The van der Waals surface area contributed by atoms with Crippen LogP contribution in [-0.4, -0.2) is 51.9 Å². The number of thioether (sulfide) groups is 1. The van der Waals surface area contributed by atoms with Crippen molar-refractivity contribution in [2.75, 3.05) is 25.1 Å². The van der Waals surface area contributed by atoms with Crippen LogP contribution >= 0.6 is 24.0 Å². The van der Waals surface area contributed by atoms with E-state index < -0.39 is 5.97 Å². The van der Waals surface area contributed by atoms with Crippen LogP contribution in [0.3, 0.4) is 0 Å². The number of rotatable bonds is 10. The van der Waals surface area contributed by atoms with Crippen LogP contribution in [0, 0.1) is 13.8 Å². The maximum atomic E-state index is 12.6. The molecule has 1 heterocycles. The van der Waals surface area contributed by atoms with Crippen LogP contribution in [0.25, 0.3) is 6.08 Å². The van der Waals surface area contributed by atoms with Gasteiger partial charge in [0.25, 0.3) is 11.8 Å². The zero-order valence-electron chi connectivity index (χ0n) is 19.6. The summed E-state index contributed by atoms with van der Waals surface area (Å²) < 4.78 is 11.7. The average Bonchev–Trinajstić information content (AvgIpc) is 3.06. The van der Waals surface area contributed by atoms with Gasteiger partial charge in [-0.05, 0) is 61.7 Å². The summed E-state index contributed by atoms with van der Waals surface area (Å²) in [6.07, 6.45) is 1.48. The zero-order chi connectivity index (χ0) is 25.5. The second-order valence-corrected chi connectivity index (χ2v) is 9.45. The molecule has 2 aromatic carbocycles. The van der Waals surface area contributed by atoms with Crippen molar-refractivity contribution < 1.29 is 29.0 Å². The molecule has 0 bridgehead atoms. The molecule has 1 aliphatic heterocycles. The molecule has 1 fully saturated rings. The lowest BCUT2D eigenvalue weighted by molar-refractivity contribution is -0.137. The van der Waals surface area contributed by atoms with E-state index in [1.807, 2.05) is 39.0 Å². The van der Waals surface area contributed by atoms with Crippen LogP contribution in [0.5, 0.6) is 11.5 Å². The van der Waals surface area contributed by atoms with E-state index in [1.54, 1.807) is 24.3 Å². The van der Waals surface area contributed by atoms with Gasteiger partial charge >= 0.3 is 5.97 Å². The highest BCUT2D eigenvalue weighted by Gasteiger charge is 2.32. The number of amides is 2. The summed E-state index contributed by atoms with van der Waals surface area (Å²) in [5.74, 6) is -0.795. The van der Waals surface area contributed by atoms with E-state index in [1.165, 1.54) is 4.90 Å². The number of aryl methyl sites for hydroxylation is 2. The van der Waals surface area contributed by atoms with Gasteiger partial charge in [0.2, 0.25) is 0 Å². The Balaban J connectivity index is 1.70. The van der Waals surface area contributed by atoms with E-state index in [2.05, 4.69) is 5.32 Å². The molecule has 0 atom stereocenters. The second kappa shape index (κ2) is 11.9. The Labute approximate surface area is 213 Å². The van der Waals surface area contributed by atoms with E-state index in [0.717, 1.165) is 28.6 Å². The quantitative estimate of drug-likeness (QED) is 0.355. The highest BCUT2D eigenvalue weighted by molar-refractivity contribution is 8.26. The number of anilines is 1. The van der Waals surface area contributed by atoms with Crippen LogP contribution in [0.15, 0.2) is 41.3 Å². The number of ether oxygens (including phenoxy) is 2. The molecule has 0 unspecified atom stereocenters. The summed E-state index contributed by atoms with van der Waals surface area (Å²) >= 11 is 6.34. The third kappa shape index (κ3) is 7.06. The number of benzene rings is 2. The maximum Gasteiger partial charge on any atom is 0.305 e. The third-order valence-electron chi connectivity index (χ3n) is 5.01. The highest BCUT2D eigenvalue weighted by atomic mass is 32.2. The lowest BCUT2D eigenvalue weighted by Crippen LogP contribution is -2.30. The summed E-state index contributed by atoms with van der Waals surface area (Å²) in [5.41, 5.74) is 3.41. The number of carbonyl (C=O) groups is 3. The molecular formula is C25H26N2O6S2. The van der Waals surface area contributed by atoms with Crippen LogP contribution in [0.1, 0.15) is 30.0 Å². The number of aliphatic carboxylic acids is 1. The molecule has 35 heavy (non-hydrogen) atoms. The van der Waals surface area contributed by atoms with Crippen LogP contribution in [-0.2, 0) is 14.4 Å². The minimum Gasteiger partial charge on any atom is -0.490 e. The molecule has 2 amide bonds. The highest BCUT2D eigenvalue weighted by Crippen LogP contribution is 2.35. The molecule has 184 valence electrons. The number of hydrogen-bond donors (Lipinski definition) is 2. The fraction of sp³-hybridized carbons (Fsp3) is 0.280. The molecule has 2 N–H and O–H groups in total. The number of carbonyl (C=O) groups excluding carboxylic acids is 2. The van der Waals surface area contributed by atoms with E-state index >= 15 is 0 Å². The summed E-state index contributed by atoms with van der Waals surface area (Å²) in [5, 5.41) is 11.7. The molecular weight excluding hydrogens is 488 g/mol. The van der Waals surface area contributed by atoms with Crippen molar-refractivity contribution in [1.29, 1.82) is 0 Å². The first kappa shape index (κ1) is 26.2. The lowest BCUT2D eigenvalue weighted by Gasteiger charge is -2.14. The molecule has 0 spiro atoms. The van der Waals surface area contributed by atoms with Gasteiger partial charge in [0.15, 0.2) is 18.1 Å². The number of nitrogens with one attached hydrogen (secondary N) is 1. The molecule has 0 radical (unpaired) electrons. The number of nitrogens with zero attached hydrogens (tertiary/aromatic N) is 1. The summed E-state index contributed by atoms with van der Waals surface area (Å²) in [7, 11) is 0. The van der Waals surface area contributed by atoms with Crippen molar-refractivity contribution in [2.24, 2.45) is 0 Å². The normalized spacial score (nSPS) is 14.4. The van der Waals surface area contributed by atoms with Crippen molar-refractivity contribution in [3.63, 3.8) is 0 Å². The number of hydrogen-bond acceptors (Lipinski definition) is 7. The molecule has 0 aliphatic carbocycles. The predicted molar refractivity (Wildman–Crippen MR) is 140 cm³/mol. The second-order valence-electron chi connectivity index (χ2n) is 7.77. The monoisotopic (exact) mass is 514 g/mol. The first-order valence-electron chi connectivity index (χ1n) is 10.9. The van der Waals surface area contributed by atoms with Crippen LogP contribution in [0.2, 0.25) is 0 Å². The van der Waals surface area contributed by atoms with E-state index in [4.69, 9.17) is 26.8 Å². The molecule has 8 nitrogen and oxygen atoms in total. The van der Waals surface area contributed by atoms with Gasteiger partial charge in [-0.15, -0.1) is 0 Å². The number of thiocarbonyl (C=S) groups is 1. The maximum absolute atomic E-state index is 12.6. The first-order valence-corrected chi connectivity index (χ1v) is 12.1. The number of carboxylic acids is 1. The Hall–Kier alpha value is -3.37. The summed E-state index contributed by atoms with van der Waals surface area (Å²) in [4.78, 5) is 37.6. The zero-order valence-corrected chi connectivity index (χ0v) is 21.3. The fourth-order valence-corrected chi connectivity index (χ4v) is 4.56. The predicted octanol–water partition coefficient (Wildman–Crippen LogP) is 4.40. The molecule has 0 saturated carbocycles. The van der Waals surface area contributed by atoms with Crippen molar-refractivity contribution in [3.8, 4) is 11.5 Å².